The van der Waals surface area contributed by atoms with Gasteiger partial charge in [-0.2, -0.15) is 0 Å². The standard InChI is InChI=1S/C17H18O2/c1-2-11-19-17-8-4-6-15(13-17)10-9-14-5-3-7-16(18)12-14/h2-8,12-13,18H,1,9-11H2. The molecule has 2 rings (SSSR count). The van der Waals surface area contributed by atoms with Crippen LogP contribution in [0.25, 0.3) is 0 Å². The van der Waals surface area contributed by atoms with E-state index in [2.05, 4.69) is 12.6 Å². The fourth-order valence-corrected chi connectivity index (χ4v) is 1.95. The van der Waals surface area contributed by atoms with Gasteiger partial charge in [-0.1, -0.05) is 36.9 Å². The molecule has 2 aromatic carbocycles. The van der Waals surface area contributed by atoms with Crippen molar-refractivity contribution in [2.45, 2.75) is 12.8 Å². The van der Waals surface area contributed by atoms with Crippen LogP contribution in [0, 0.1) is 0 Å². The van der Waals surface area contributed by atoms with Crippen LogP contribution >= 0.6 is 0 Å². The summed E-state index contributed by atoms with van der Waals surface area (Å²) in [4.78, 5) is 0. The minimum absolute atomic E-state index is 0.320. The van der Waals surface area contributed by atoms with Crippen LogP contribution in [0.4, 0.5) is 0 Å². The van der Waals surface area contributed by atoms with E-state index in [9.17, 15) is 5.11 Å². The van der Waals surface area contributed by atoms with Gasteiger partial charge in [-0.05, 0) is 48.2 Å². The van der Waals surface area contributed by atoms with Gasteiger partial charge in [0.05, 0.1) is 0 Å². The van der Waals surface area contributed by atoms with Crippen molar-refractivity contribution in [1.82, 2.24) is 0 Å². The molecule has 0 aromatic heterocycles. The molecule has 2 nitrogen and oxygen atoms in total. The fourth-order valence-electron chi connectivity index (χ4n) is 1.95. The molecular formula is C17H18O2. The van der Waals surface area contributed by atoms with E-state index < -0.39 is 0 Å². The zero-order valence-electron chi connectivity index (χ0n) is 10.9. The average molecular weight is 254 g/mol. The average Bonchev–Trinajstić information content (AvgIpc) is 2.43. The number of rotatable bonds is 6. The van der Waals surface area contributed by atoms with Crippen LogP contribution in [0.2, 0.25) is 0 Å². The number of benzene rings is 2. The lowest BCUT2D eigenvalue weighted by molar-refractivity contribution is 0.363. The van der Waals surface area contributed by atoms with Gasteiger partial charge in [0.25, 0.3) is 0 Å². The quantitative estimate of drug-likeness (QED) is 0.796. The summed E-state index contributed by atoms with van der Waals surface area (Å²) in [5, 5.41) is 9.42. The Morgan fingerprint density at radius 3 is 2.37 bits per heavy atom. The third-order valence-corrected chi connectivity index (χ3v) is 2.88. The Kier molecular flexibility index (Phi) is 4.62. The van der Waals surface area contributed by atoms with Crippen molar-refractivity contribution in [3.05, 3.63) is 72.3 Å². The lowest BCUT2D eigenvalue weighted by Crippen LogP contribution is -1.95. The Morgan fingerprint density at radius 2 is 1.68 bits per heavy atom. The third-order valence-electron chi connectivity index (χ3n) is 2.88. The molecular weight excluding hydrogens is 236 g/mol. The van der Waals surface area contributed by atoms with Crippen molar-refractivity contribution in [2.75, 3.05) is 6.61 Å². The minimum atomic E-state index is 0.320. The predicted molar refractivity (Wildman–Crippen MR) is 77.6 cm³/mol. The zero-order chi connectivity index (χ0) is 13.5. The second kappa shape index (κ2) is 6.64. The van der Waals surface area contributed by atoms with Crippen LogP contribution in [-0.4, -0.2) is 11.7 Å². The molecule has 0 aliphatic rings. The molecule has 0 atom stereocenters. The van der Waals surface area contributed by atoms with Gasteiger partial charge in [-0.25, -0.2) is 0 Å². The van der Waals surface area contributed by atoms with E-state index in [-0.39, 0.29) is 0 Å². The van der Waals surface area contributed by atoms with Crippen LogP contribution in [0.3, 0.4) is 0 Å². The first-order chi connectivity index (χ1) is 9.28. The van der Waals surface area contributed by atoms with Gasteiger partial charge < -0.3 is 9.84 Å². The summed E-state index contributed by atoms with van der Waals surface area (Å²) in [6, 6.07) is 15.5. The first-order valence-corrected chi connectivity index (χ1v) is 6.38. The van der Waals surface area contributed by atoms with Crippen LogP contribution in [-0.2, 0) is 12.8 Å². The van der Waals surface area contributed by atoms with Crippen molar-refractivity contribution in [1.29, 1.82) is 0 Å². The minimum Gasteiger partial charge on any atom is -0.508 e. The third kappa shape index (κ3) is 4.18. The highest BCUT2D eigenvalue weighted by Crippen LogP contribution is 2.17. The summed E-state index contributed by atoms with van der Waals surface area (Å²) in [7, 11) is 0. The molecule has 0 aliphatic heterocycles. The molecule has 2 heteroatoms. The number of aromatic hydroxyl groups is 1. The Morgan fingerprint density at radius 1 is 1.00 bits per heavy atom. The summed E-state index contributed by atoms with van der Waals surface area (Å²) >= 11 is 0. The van der Waals surface area contributed by atoms with Gasteiger partial charge in [-0.15, -0.1) is 0 Å². The number of phenols is 1. The molecule has 0 unspecified atom stereocenters. The summed E-state index contributed by atoms with van der Waals surface area (Å²) in [6.07, 6.45) is 3.56. The molecule has 0 aliphatic carbocycles. The fraction of sp³-hybridized carbons (Fsp3) is 0.176. The number of hydrogen-bond acceptors (Lipinski definition) is 2. The van der Waals surface area contributed by atoms with Gasteiger partial charge in [0.15, 0.2) is 0 Å². The number of hydrogen-bond donors (Lipinski definition) is 1. The molecule has 98 valence electrons. The van der Waals surface area contributed by atoms with Gasteiger partial charge in [-0.3, -0.25) is 0 Å². The maximum absolute atomic E-state index is 9.42. The second-order valence-electron chi connectivity index (χ2n) is 4.42. The van der Waals surface area contributed by atoms with Gasteiger partial charge in [0.1, 0.15) is 18.1 Å². The van der Waals surface area contributed by atoms with Crippen molar-refractivity contribution >= 4 is 0 Å². The normalized spacial score (nSPS) is 10.1. The van der Waals surface area contributed by atoms with E-state index in [1.165, 1.54) is 5.56 Å². The van der Waals surface area contributed by atoms with E-state index in [0.29, 0.717) is 12.4 Å². The van der Waals surface area contributed by atoms with Crippen LogP contribution in [0.15, 0.2) is 61.2 Å². The Labute approximate surface area is 114 Å². The monoisotopic (exact) mass is 254 g/mol. The number of aryl methyl sites for hydroxylation is 2. The van der Waals surface area contributed by atoms with Crippen LogP contribution < -0.4 is 4.74 Å². The summed E-state index contributed by atoms with van der Waals surface area (Å²) < 4.78 is 5.51. The van der Waals surface area contributed by atoms with Crippen molar-refractivity contribution in [3.63, 3.8) is 0 Å². The molecule has 0 bridgehead atoms. The zero-order valence-corrected chi connectivity index (χ0v) is 10.9. The van der Waals surface area contributed by atoms with Crippen LogP contribution in [0.5, 0.6) is 11.5 Å². The molecule has 0 amide bonds. The topological polar surface area (TPSA) is 29.5 Å². The van der Waals surface area contributed by atoms with Crippen molar-refractivity contribution in [3.8, 4) is 11.5 Å². The first-order valence-electron chi connectivity index (χ1n) is 6.38. The summed E-state index contributed by atoms with van der Waals surface area (Å²) in [6.45, 7) is 4.16. The van der Waals surface area contributed by atoms with E-state index >= 15 is 0 Å². The maximum atomic E-state index is 9.42. The second-order valence-corrected chi connectivity index (χ2v) is 4.42. The smallest absolute Gasteiger partial charge is 0.120 e. The Bertz CT molecular complexity index is 546. The first kappa shape index (κ1) is 13.2. The molecule has 0 fully saturated rings. The molecule has 0 saturated heterocycles. The summed E-state index contributed by atoms with van der Waals surface area (Å²) in [5.41, 5.74) is 2.36. The molecule has 0 spiro atoms. The highest BCUT2D eigenvalue weighted by Gasteiger charge is 1.99. The molecule has 0 heterocycles. The van der Waals surface area contributed by atoms with Gasteiger partial charge in [0, 0.05) is 0 Å². The van der Waals surface area contributed by atoms with E-state index in [1.54, 1.807) is 18.2 Å². The highest BCUT2D eigenvalue weighted by atomic mass is 16.5. The Hall–Kier alpha value is -2.22. The molecule has 0 radical (unpaired) electrons. The van der Waals surface area contributed by atoms with Crippen LogP contribution in [0.1, 0.15) is 11.1 Å². The number of ether oxygens (including phenoxy) is 1. The molecule has 2 aromatic rings. The Balaban J connectivity index is 1.97. The van der Waals surface area contributed by atoms with E-state index in [0.717, 1.165) is 24.2 Å². The lowest BCUT2D eigenvalue weighted by atomic mass is 10.0. The predicted octanol–water partition coefficient (Wildman–Crippen LogP) is 3.74. The SMILES string of the molecule is C=CCOc1cccc(CCc2cccc(O)c2)c1. The van der Waals surface area contributed by atoms with Gasteiger partial charge in [0.2, 0.25) is 0 Å². The molecule has 0 saturated carbocycles. The number of phenolic OH excluding ortho intramolecular Hbond substituents is 1. The summed E-state index contributed by atoms with van der Waals surface area (Å²) in [5.74, 6) is 1.19. The highest BCUT2D eigenvalue weighted by molar-refractivity contribution is 5.31. The van der Waals surface area contributed by atoms with Gasteiger partial charge >= 0.3 is 0 Å². The van der Waals surface area contributed by atoms with E-state index in [1.807, 2.05) is 30.3 Å². The van der Waals surface area contributed by atoms with E-state index in [4.69, 9.17) is 4.74 Å². The molecule has 19 heavy (non-hydrogen) atoms. The largest absolute Gasteiger partial charge is 0.508 e. The maximum Gasteiger partial charge on any atom is 0.120 e. The molecule has 1 N–H and O–H groups in total. The van der Waals surface area contributed by atoms with Crippen molar-refractivity contribution < 1.29 is 9.84 Å². The lowest BCUT2D eigenvalue weighted by Gasteiger charge is -2.06. The van der Waals surface area contributed by atoms with Crippen molar-refractivity contribution in [2.24, 2.45) is 0 Å².